The van der Waals surface area contributed by atoms with Gasteiger partial charge in [-0.3, -0.25) is 0 Å². The largest absolute Gasteiger partial charge is 0.329 e. The van der Waals surface area contributed by atoms with Gasteiger partial charge in [-0.15, -0.1) is 0 Å². The van der Waals surface area contributed by atoms with Crippen molar-refractivity contribution in [2.24, 2.45) is 11.1 Å². The molecule has 0 fully saturated rings. The van der Waals surface area contributed by atoms with Crippen LogP contribution < -0.4 is 11.1 Å². The van der Waals surface area contributed by atoms with Crippen LogP contribution in [0.25, 0.3) is 0 Å². The summed E-state index contributed by atoms with van der Waals surface area (Å²) < 4.78 is 0. The van der Waals surface area contributed by atoms with Crippen molar-refractivity contribution in [1.29, 1.82) is 0 Å². The topological polar surface area (TPSA) is 38.0 Å². The van der Waals surface area contributed by atoms with E-state index in [1.165, 1.54) is 12.0 Å². The molecule has 0 aliphatic carbocycles. The van der Waals surface area contributed by atoms with E-state index in [0.29, 0.717) is 12.0 Å². The van der Waals surface area contributed by atoms with E-state index in [1.807, 2.05) is 6.07 Å². The lowest BCUT2D eigenvalue weighted by Crippen LogP contribution is -2.35. The van der Waals surface area contributed by atoms with Crippen molar-refractivity contribution in [3.63, 3.8) is 0 Å². The van der Waals surface area contributed by atoms with E-state index in [0.717, 1.165) is 6.54 Å². The van der Waals surface area contributed by atoms with E-state index < -0.39 is 0 Å². The minimum absolute atomic E-state index is 0.270. The van der Waals surface area contributed by atoms with Crippen molar-refractivity contribution in [2.75, 3.05) is 13.1 Å². The molecule has 0 aliphatic rings. The first kappa shape index (κ1) is 13.2. The van der Waals surface area contributed by atoms with Gasteiger partial charge in [0.25, 0.3) is 0 Å². The number of hydrogen-bond acceptors (Lipinski definition) is 2. The summed E-state index contributed by atoms with van der Waals surface area (Å²) in [5.41, 5.74) is 7.42. The van der Waals surface area contributed by atoms with E-state index in [9.17, 15) is 0 Å². The smallest absolute Gasteiger partial charge is 0.0444 e. The molecule has 90 valence electrons. The standard InChI is InChI=1S/C14H24N2/c1-4-14(2,3)11-16-13(10-15)12-8-6-5-7-9-12/h5-9,13,16H,4,10-11,15H2,1-3H3. The van der Waals surface area contributed by atoms with Crippen LogP contribution in [0.1, 0.15) is 38.8 Å². The molecule has 0 spiro atoms. The minimum Gasteiger partial charge on any atom is -0.329 e. The average Bonchev–Trinajstić information content (AvgIpc) is 2.31. The highest BCUT2D eigenvalue weighted by atomic mass is 14.9. The van der Waals surface area contributed by atoms with Gasteiger partial charge in [-0.25, -0.2) is 0 Å². The van der Waals surface area contributed by atoms with Crippen molar-refractivity contribution < 1.29 is 0 Å². The predicted octanol–water partition coefficient (Wildman–Crippen LogP) is 2.71. The third kappa shape index (κ3) is 3.95. The average molecular weight is 220 g/mol. The Labute approximate surface area is 99.2 Å². The molecule has 16 heavy (non-hydrogen) atoms. The molecular formula is C14H24N2. The number of rotatable bonds is 6. The van der Waals surface area contributed by atoms with E-state index in [2.05, 4.69) is 50.4 Å². The fraction of sp³-hybridized carbons (Fsp3) is 0.571. The summed E-state index contributed by atoms with van der Waals surface area (Å²) >= 11 is 0. The van der Waals surface area contributed by atoms with Crippen molar-refractivity contribution in [3.8, 4) is 0 Å². The van der Waals surface area contributed by atoms with Crippen LogP contribution in [0.4, 0.5) is 0 Å². The predicted molar refractivity (Wildman–Crippen MR) is 70.3 cm³/mol. The second-order valence-corrected chi connectivity index (χ2v) is 5.10. The summed E-state index contributed by atoms with van der Waals surface area (Å²) in [5, 5.41) is 3.55. The Morgan fingerprint density at radius 3 is 2.38 bits per heavy atom. The van der Waals surface area contributed by atoms with Crippen LogP contribution in [-0.4, -0.2) is 13.1 Å². The van der Waals surface area contributed by atoms with E-state index in [4.69, 9.17) is 5.73 Å². The molecular weight excluding hydrogens is 196 g/mol. The van der Waals surface area contributed by atoms with E-state index in [1.54, 1.807) is 0 Å². The first-order valence-corrected chi connectivity index (χ1v) is 6.07. The fourth-order valence-electron chi connectivity index (χ4n) is 1.55. The summed E-state index contributed by atoms with van der Waals surface area (Å²) in [7, 11) is 0. The van der Waals surface area contributed by atoms with Crippen LogP contribution in [0.3, 0.4) is 0 Å². The van der Waals surface area contributed by atoms with Crippen molar-refractivity contribution in [3.05, 3.63) is 35.9 Å². The van der Waals surface area contributed by atoms with Gasteiger partial charge >= 0.3 is 0 Å². The van der Waals surface area contributed by atoms with Crippen molar-refractivity contribution in [2.45, 2.75) is 33.2 Å². The molecule has 0 bridgehead atoms. The van der Waals surface area contributed by atoms with Gasteiger partial charge in [-0.1, -0.05) is 51.1 Å². The fourth-order valence-corrected chi connectivity index (χ4v) is 1.55. The Morgan fingerprint density at radius 2 is 1.88 bits per heavy atom. The molecule has 0 saturated heterocycles. The van der Waals surface area contributed by atoms with Crippen LogP contribution in [0, 0.1) is 5.41 Å². The lowest BCUT2D eigenvalue weighted by atomic mass is 9.90. The van der Waals surface area contributed by atoms with Crippen molar-refractivity contribution >= 4 is 0 Å². The molecule has 0 amide bonds. The number of nitrogens with one attached hydrogen (secondary N) is 1. The number of hydrogen-bond donors (Lipinski definition) is 2. The quantitative estimate of drug-likeness (QED) is 0.773. The van der Waals surface area contributed by atoms with Crippen molar-refractivity contribution in [1.82, 2.24) is 5.32 Å². The van der Waals surface area contributed by atoms with Crippen LogP contribution in [0.15, 0.2) is 30.3 Å². The van der Waals surface area contributed by atoms with Gasteiger partial charge in [-0.05, 0) is 17.4 Å². The van der Waals surface area contributed by atoms with Gasteiger partial charge in [0, 0.05) is 19.1 Å². The summed E-state index contributed by atoms with van der Waals surface area (Å²) in [6.45, 7) is 8.42. The van der Waals surface area contributed by atoms with Gasteiger partial charge in [0.2, 0.25) is 0 Å². The minimum atomic E-state index is 0.270. The maximum absolute atomic E-state index is 5.81. The molecule has 0 radical (unpaired) electrons. The number of benzene rings is 1. The van der Waals surface area contributed by atoms with Crippen LogP contribution in [-0.2, 0) is 0 Å². The molecule has 1 rings (SSSR count). The second-order valence-electron chi connectivity index (χ2n) is 5.10. The summed E-state index contributed by atoms with van der Waals surface area (Å²) in [6, 6.07) is 10.7. The first-order chi connectivity index (χ1) is 7.59. The number of nitrogens with two attached hydrogens (primary N) is 1. The van der Waals surface area contributed by atoms with Crippen LogP contribution in [0.5, 0.6) is 0 Å². The van der Waals surface area contributed by atoms with Gasteiger partial charge in [0.1, 0.15) is 0 Å². The Bertz CT molecular complexity index is 293. The maximum Gasteiger partial charge on any atom is 0.0444 e. The SMILES string of the molecule is CCC(C)(C)CNC(CN)c1ccccc1. The molecule has 1 aromatic rings. The molecule has 0 saturated carbocycles. The highest BCUT2D eigenvalue weighted by Gasteiger charge is 2.17. The highest BCUT2D eigenvalue weighted by molar-refractivity contribution is 5.19. The molecule has 0 aromatic heterocycles. The first-order valence-electron chi connectivity index (χ1n) is 6.07. The normalized spacial score (nSPS) is 13.8. The molecule has 2 nitrogen and oxygen atoms in total. The lowest BCUT2D eigenvalue weighted by molar-refractivity contribution is 0.310. The van der Waals surface area contributed by atoms with Gasteiger partial charge in [0.05, 0.1) is 0 Å². The molecule has 3 N–H and O–H groups in total. The zero-order chi connectivity index (χ0) is 12.0. The third-order valence-corrected chi connectivity index (χ3v) is 3.22. The third-order valence-electron chi connectivity index (χ3n) is 3.22. The molecule has 0 heterocycles. The Hall–Kier alpha value is -0.860. The van der Waals surface area contributed by atoms with Gasteiger partial charge < -0.3 is 11.1 Å². The Morgan fingerprint density at radius 1 is 1.25 bits per heavy atom. The van der Waals surface area contributed by atoms with E-state index >= 15 is 0 Å². The van der Waals surface area contributed by atoms with E-state index in [-0.39, 0.29) is 6.04 Å². The van der Waals surface area contributed by atoms with Gasteiger partial charge in [-0.2, -0.15) is 0 Å². The zero-order valence-corrected chi connectivity index (χ0v) is 10.7. The molecule has 1 unspecified atom stereocenters. The molecule has 0 aliphatic heterocycles. The lowest BCUT2D eigenvalue weighted by Gasteiger charge is -2.27. The summed E-state index contributed by atoms with van der Waals surface area (Å²) in [6.07, 6.45) is 1.17. The molecule has 1 atom stereocenters. The monoisotopic (exact) mass is 220 g/mol. The second kappa shape index (κ2) is 6.02. The highest BCUT2D eigenvalue weighted by Crippen LogP contribution is 2.20. The molecule has 2 heteroatoms. The van der Waals surface area contributed by atoms with Gasteiger partial charge in [0.15, 0.2) is 0 Å². The molecule has 1 aromatic carbocycles. The van der Waals surface area contributed by atoms with Crippen LogP contribution in [0.2, 0.25) is 0 Å². The van der Waals surface area contributed by atoms with Crippen LogP contribution >= 0.6 is 0 Å². The Balaban J connectivity index is 2.57. The Kier molecular flexibility index (Phi) is 4.97. The maximum atomic E-state index is 5.81. The summed E-state index contributed by atoms with van der Waals surface area (Å²) in [5.74, 6) is 0. The summed E-state index contributed by atoms with van der Waals surface area (Å²) in [4.78, 5) is 0. The zero-order valence-electron chi connectivity index (χ0n) is 10.7.